The summed E-state index contributed by atoms with van der Waals surface area (Å²) in [6, 6.07) is 11.6. The molecule has 10 nitrogen and oxygen atoms in total. The molecule has 1 atom stereocenters. The second-order valence-electron chi connectivity index (χ2n) is 9.55. The van der Waals surface area contributed by atoms with Gasteiger partial charge in [-0.3, -0.25) is 9.36 Å². The van der Waals surface area contributed by atoms with Crippen molar-refractivity contribution in [2.75, 3.05) is 26.9 Å². The first-order chi connectivity index (χ1) is 20.2. The van der Waals surface area contributed by atoms with E-state index in [9.17, 15) is 14.4 Å². The minimum atomic E-state index is -0.802. The highest BCUT2D eigenvalue weighted by atomic mass is 32.1. The Morgan fingerprint density at radius 2 is 1.83 bits per heavy atom. The molecule has 0 saturated heterocycles. The first-order valence-electron chi connectivity index (χ1n) is 13.6. The molecule has 0 amide bonds. The average Bonchev–Trinajstić information content (AvgIpc) is 3.25. The number of carbonyl (C=O) groups excluding carboxylic acids is 2. The second kappa shape index (κ2) is 13.5. The minimum Gasteiger partial charge on any atom is -0.493 e. The maximum absolute atomic E-state index is 13.9. The Labute approximate surface area is 247 Å². The normalized spacial score (nSPS) is 14.7. The molecule has 1 aromatic heterocycles. The van der Waals surface area contributed by atoms with E-state index in [1.807, 2.05) is 26.0 Å². The highest BCUT2D eigenvalue weighted by molar-refractivity contribution is 7.07. The van der Waals surface area contributed by atoms with Gasteiger partial charge in [0.1, 0.15) is 5.75 Å². The number of hydrogen-bond donors (Lipinski definition) is 0. The fourth-order valence-electron chi connectivity index (χ4n) is 4.50. The summed E-state index contributed by atoms with van der Waals surface area (Å²) in [5.41, 5.74) is 1.74. The van der Waals surface area contributed by atoms with Gasteiger partial charge in [-0.15, -0.1) is 0 Å². The Hall–Kier alpha value is -4.38. The minimum absolute atomic E-state index is 0.0753. The molecule has 1 aliphatic rings. The molecule has 2 aromatic carbocycles. The fraction of sp³-hybridized carbons (Fsp3) is 0.355. The maximum atomic E-state index is 13.9. The summed E-state index contributed by atoms with van der Waals surface area (Å²) in [5, 5.41) is 0. The van der Waals surface area contributed by atoms with Gasteiger partial charge in [-0.25, -0.2) is 14.6 Å². The van der Waals surface area contributed by atoms with E-state index in [1.165, 1.54) is 23.0 Å². The smallest absolute Gasteiger partial charge is 0.344 e. The van der Waals surface area contributed by atoms with Crippen molar-refractivity contribution in [2.24, 2.45) is 4.99 Å². The van der Waals surface area contributed by atoms with Gasteiger partial charge in [0.2, 0.25) is 0 Å². The van der Waals surface area contributed by atoms with Crippen LogP contribution < -0.4 is 29.1 Å². The summed E-state index contributed by atoms with van der Waals surface area (Å²) in [6.45, 7) is 9.23. The number of benzene rings is 2. The lowest BCUT2D eigenvalue weighted by Gasteiger charge is -2.25. The summed E-state index contributed by atoms with van der Waals surface area (Å²) < 4.78 is 29.2. The number of methoxy groups -OCH3 is 1. The van der Waals surface area contributed by atoms with Crippen molar-refractivity contribution in [3.63, 3.8) is 0 Å². The lowest BCUT2D eigenvalue weighted by Crippen LogP contribution is -2.40. The summed E-state index contributed by atoms with van der Waals surface area (Å²) in [7, 11) is 1.54. The molecule has 0 aliphatic carbocycles. The number of allylic oxidation sites excluding steroid dienone is 1. The predicted molar refractivity (Wildman–Crippen MR) is 158 cm³/mol. The van der Waals surface area contributed by atoms with E-state index >= 15 is 0 Å². The predicted octanol–water partition coefficient (Wildman–Crippen LogP) is 3.54. The first kappa shape index (κ1) is 30.6. The molecule has 42 heavy (non-hydrogen) atoms. The van der Waals surface area contributed by atoms with Crippen LogP contribution in [-0.2, 0) is 19.1 Å². The Balaban J connectivity index is 1.82. The number of nitrogens with zero attached hydrogens (tertiary/aromatic N) is 2. The Morgan fingerprint density at radius 1 is 1.07 bits per heavy atom. The van der Waals surface area contributed by atoms with Gasteiger partial charge >= 0.3 is 11.9 Å². The molecule has 0 spiro atoms. The molecule has 4 rings (SSSR count). The molecule has 11 heteroatoms. The third-order valence-electron chi connectivity index (χ3n) is 6.20. The van der Waals surface area contributed by atoms with Crippen molar-refractivity contribution in [3.8, 4) is 17.2 Å². The number of rotatable bonds is 11. The van der Waals surface area contributed by atoms with E-state index in [2.05, 4.69) is 4.99 Å². The molecule has 1 aliphatic heterocycles. The average molecular weight is 595 g/mol. The van der Waals surface area contributed by atoms with Crippen LogP contribution in [0, 0.1) is 0 Å². The molecular formula is C31H34N2O8S. The standard InChI is InChI=1S/C31H34N2O8S/c1-7-38-26(34)17-40-22-11-9-10-20(14-22)15-25-29(35)33-28(21-12-13-23(41-18(3)4)24(16-21)37-6)27(30(36)39-8-2)19(5)32-31(33)42-25/h9-16,18,28H,7-8,17H2,1-6H3/b25-15+/t28-/m1/s1. The van der Waals surface area contributed by atoms with Crippen LogP contribution >= 0.6 is 11.3 Å². The molecule has 3 aromatic rings. The van der Waals surface area contributed by atoms with E-state index in [1.54, 1.807) is 57.2 Å². The highest BCUT2D eigenvalue weighted by Crippen LogP contribution is 2.36. The van der Waals surface area contributed by atoms with Gasteiger partial charge in [0.05, 0.1) is 48.3 Å². The number of thiazole rings is 1. The van der Waals surface area contributed by atoms with E-state index in [0.717, 1.165) is 0 Å². The van der Waals surface area contributed by atoms with Crippen molar-refractivity contribution in [1.82, 2.24) is 4.57 Å². The molecule has 0 bridgehead atoms. The first-order valence-corrected chi connectivity index (χ1v) is 14.4. The van der Waals surface area contributed by atoms with Crippen LogP contribution in [0.3, 0.4) is 0 Å². The summed E-state index contributed by atoms with van der Waals surface area (Å²) >= 11 is 1.21. The second-order valence-corrected chi connectivity index (χ2v) is 10.6. The summed E-state index contributed by atoms with van der Waals surface area (Å²) in [6.07, 6.45) is 1.65. The molecule has 0 saturated carbocycles. The van der Waals surface area contributed by atoms with Gasteiger partial charge in [0, 0.05) is 0 Å². The number of hydrogen-bond acceptors (Lipinski definition) is 10. The topological polar surface area (TPSA) is 115 Å². The Bertz CT molecular complexity index is 1690. The van der Waals surface area contributed by atoms with E-state index in [0.29, 0.717) is 43.4 Å². The number of ether oxygens (including phenoxy) is 5. The number of carbonyl (C=O) groups is 2. The number of esters is 2. The van der Waals surface area contributed by atoms with Crippen LogP contribution in [0.5, 0.6) is 17.2 Å². The summed E-state index contributed by atoms with van der Waals surface area (Å²) in [5.74, 6) is 0.460. The molecular weight excluding hydrogens is 560 g/mol. The van der Waals surface area contributed by atoms with E-state index < -0.39 is 18.0 Å². The zero-order chi connectivity index (χ0) is 30.4. The van der Waals surface area contributed by atoms with Gasteiger partial charge in [-0.2, -0.15) is 0 Å². The lowest BCUT2D eigenvalue weighted by molar-refractivity contribution is -0.145. The molecule has 0 N–H and O–H groups in total. The third-order valence-corrected chi connectivity index (χ3v) is 7.18. The van der Waals surface area contributed by atoms with Gasteiger partial charge in [-0.05, 0) is 76.1 Å². The van der Waals surface area contributed by atoms with Crippen LogP contribution in [0.25, 0.3) is 6.08 Å². The molecule has 0 unspecified atom stereocenters. The molecule has 2 heterocycles. The van der Waals surface area contributed by atoms with Crippen molar-refractivity contribution < 1.29 is 33.3 Å². The van der Waals surface area contributed by atoms with Gasteiger partial charge in [0.15, 0.2) is 22.9 Å². The highest BCUT2D eigenvalue weighted by Gasteiger charge is 2.34. The van der Waals surface area contributed by atoms with Gasteiger partial charge in [0.25, 0.3) is 5.56 Å². The van der Waals surface area contributed by atoms with Gasteiger partial charge in [-0.1, -0.05) is 29.5 Å². The number of fused-ring (bicyclic) bond motifs is 1. The van der Waals surface area contributed by atoms with Gasteiger partial charge < -0.3 is 23.7 Å². The van der Waals surface area contributed by atoms with Crippen LogP contribution in [0.1, 0.15) is 51.8 Å². The lowest BCUT2D eigenvalue weighted by atomic mass is 9.95. The largest absolute Gasteiger partial charge is 0.493 e. The van der Waals surface area contributed by atoms with Crippen LogP contribution in [-0.4, -0.2) is 49.5 Å². The molecule has 0 radical (unpaired) electrons. The number of aromatic nitrogens is 1. The summed E-state index contributed by atoms with van der Waals surface area (Å²) in [4.78, 5) is 43.9. The van der Waals surface area contributed by atoms with E-state index in [-0.39, 0.29) is 37.1 Å². The Kier molecular flexibility index (Phi) is 9.84. The van der Waals surface area contributed by atoms with Crippen molar-refractivity contribution in [3.05, 3.63) is 84.5 Å². The van der Waals surface area contributed by atoms with Crippen LogP contribution in [0.4, 0.5) is 0 Å². The van der Waals surface area contributed by atoms with Crippen molar-refractivity contribution in [1.29, 1.82) is 0 Å². The SMILES string of the molecule is CCOC(=O)COc1cccc(/C=c2/sc3n(c2=O)[C@H](c2ccc(OC(C)C)c(OC)c2)C(C(=O)OCC)=C(C)N=3)c1. The Morgan fingerprint density at radius 3 is 2.52 bits per heavy atom. The quantitative estimate of drug-likeness (QED) is 0.310. The fourth-order valence-corrected chi connectivity index (χ4v) is 5.55. The molecule has 222 valence electrons. The monoisotopic (exact) mass is 594 g/mol. The maximum Gasteiger partial charge on any atom is 0.344 e. The van der Waals surface area contributed by atoms with Crippen LogP contribution in [0.15, 0.2) is 63.5 Å². The molecule has 0 fully saturated rings. The zero-order valence-corrected chi connectivity index (χ0v) is 25.3. The van der Waals surface area contributed by atoms with E-state index in [4.69, 9.17) is 23.7 Å². The zero-order valence-electron chi connectivity index (χ0n) is 24.5. The third kappa shape index (κ3) is 6.73. The van der Waals surface area contributed by atoms with Crippen molar-refractivity contribution in [2.45, 2.75) is 46.8 Å². The van der Waals surface area contributed by atoms with Crippen molar-refractivity contribution >= 4 is 29.4 Å². The van der Waals surface area contributed by atoms with Crippen LogP contribution in [0.2, 0.25) is 0 Å².